The first-order valence-corrected chi connectivity index (χ1v) is 2.70. The van der Waals surface area contributed by atoms with Crippen molar-refractivity contribution in [3.8, 4) is 5.75 Å². The summed E-state index contributed by atoms with van der Waals surface area (Å²) < 4.78 is 0. The van der Waals surface area contributed by atoms with Crippen LogP contribution in [0.2, 0.25) is 0 Å². The van der Waals surface area contributed by atoms with Crippen molar-refractivity contribution in [2.75, 3.05) is 0 Å². The Bertz CT molecular complexity index is 238. The third-order valence-corrected chi connectivity index (χ3v) is 1.10. The number of rotatable bonds is 1. The van der Waals surface area contributed by atoms with Gasteiger partial charge in [-0.25, -0.2) is 4.79 Å². The highest BCUT2D eigenvalue weighted by Crippen LogP contribution is 2.09. The lowest BCUT2D eigenvalue weighted by Crippen LogP contribution is -1.93. The average molecular weight is 137 g/mol. The molecule has 0 aliphatic heterocycles. The van der Waals surface area contributed by atoms with E-state index >= 15 is 0 Å². The van der Waals surface area contributed by atoms with E-state index in [0.29, 0.717) is 0 Å². The average Bonchev–Trinajstić information content (AvgIpc) is 1.88. The number of carbonyl (C=O) groups is 1. The molecule has 0 saturated carbocycles. The van der Waals surface area contributed by atoms with Crippen molar-refractivity contribution in [1.82, 2.24) is 0 Å². The van der Waals surface area contributed by atoms with Gasteiger partial charge in [0, 0.05) is 0 Å². The van der Waals surface area contributed by atoms with Gasteiger partial charge in [0.1, 0.15) is 0 Å². The van der Waals surface area contributed by atoms with Gasteiger partial charge < -0.3 is 5.11 Å². The van der Waals surface area contributed by atoms with Crippen molar-refractivity contribution in [2.45, 2.75) is 0 Å². The Morgan fingerprint density at radius 2 is 1.70 bits per heavy atom. The van der Waals surface area contributed by atoms with E-state index in [0.717, 1.165) is 0 Å². The number of aromatic carboxylic acids is 1. The Labute approximate surface area is 57.5 Å². The topological polar surface area (TPSA) is 57.2 Å². The molecule has 0 heterocycles. The van der Waals surface area contributed by atoms with Crippen molar-refractivity contribution in [3.63, 3.8) is 0 Å². The molecule has 3 nitrogen and oxygen atoms in total. The van der Waals surface area contributed by atoms with E-state index in [1.165, 1.54) is 24.3 Å². The van der Waals surface area contributed by atoms with Crippen LogP contribution in [0.3, 0.4) is 0 Å². The molecule has 0 saturated heterocycles. The summed E-state index contributed by atoms with van der Waals surface area (Å²) in [6.45, 7) is 0. The van der Waals surface area contributed by atoms with Crippen LogP contribution < -0.4 is 0 Å². The summed E-state index contributed by atoms with van der Waals surface area (Å²) >= 11 is 0. The summed E-state index contributed by atoms with van der Waals surface area (Å²) in [5.74, 6) is -1.19. The van der Waals surface area contributed by atoms with Gasteiger partial charge in [-0.2, -0.15) is 0 Å². The van der Waals surface area contributed by atoms with Crippen molar-refractivity contribution in [2.24, 2.45) is 0 Å². The molecule has 3 heteroatoms. The molecule has 1 N–H and O–H groups in total. The maximum Gasteiger partial charge on any atom is 0.335 e. The van der Waals surface area contributed by atoms with Gasteiger partial charge in [-0.3, -0.25) is 5.11 Å². The molecular formula is C7H5O3. The molecule has 0 fully saturated rings. The summed E-state index contributed by atoms with van der Waals surface area (Å²) in [6.07, 6.45) is 0. The quantitative estimate of drug-likeness (QED) is 0.638. The van der Waals surface area contributed by atoms with Crippen LogP contribution in [-0.4, -0.2) is 11.1 Å². The summed E-state index contributed by atoms with van der Waals surface area (Å²) in [4.78, 5) is 10.2. The van der Waals surface area contributed by atoms with E-state index in [1.807, 2.05) is 0 Å². The van der Waals surface area contributed by atoms with Crippen molar-refractivity contribution >= 4 is 5.97 Å². The number of benzene rings is 1. The lowest BCUT2D eigenvalue weighted by molar-refractivity contribution is 0.0697. The van der Waals surface area contributed by atoms with Gasteiger partial charge in [0.25, 0.3) is 0 Å². The van der Waals surface area contributed by atoms with Gasteiger partial charge in [0.05, 0.1) is 5.56 Å². The largest absolute Gasteiger partial charge is 0.478 e. The summed E-state index contributed by atoms with van der Waals surface area (Å²) in [5, 5.41) is 18.8. The summed E-state index contributed by atoms with van der Waals surface area (Å²) in [7, 11) is 0. The molecule has 0 unspecified atom stereocenters. The Hall–Kier alpha value is -1.51. The molecule has 0 bridgehead atoms. The summed E-state index contributed by atoms with van der Waals surface area (Å²) in [5.41, 5.74) is 0.139. The second-order valence-electron chi connectivity index (χ2n) is 1.83. The fourth-order valence-electron chi connectivity index (χ4n) is 0.598. The minimum Gasteiger partial charge on any atom is -0.478 e. The Morgan fingerprint density at radius 1 is 1.20 bits per heavy atom. The second-order valence-corrected chi connectivity index (χ2v) is 1.83. The molecule has 1 aromatic carbocycles. The molecule has 0 aromatic heterocycles. The van der Waals surface area contributed by atoms with Crippen molar-refractivity contribution in [3.05, 3.63) is 29.8 Å². The van der Waals surface area contributed by atoms with Gasteiger partial charge in [-0.1, -0.05) is 0 Å². The maximum absolute atomic E-state index is 10.5. The molecule has 0 aliphatic carbocycles. The van der Waals surface area contributed by atoms with Crippen molar-refractivity contribution < 1.29 is 15.0 Å². The molecule has 1 aromatic rings. The number of carboxylic acids is 1. The van der Waals surface area contributed by atoms with E-state index in [9.17, 15) is 9.90 Å². The SMILES string of the molecule is [O]c1ccc(C(=O)O)cc1. The van der Waals surface area contributed by atoms with E-state index < -0.39 is 5.97 Å². The first kappa shape index (κ1) is 6.61. The Balaban J connectivity index is 3.00. The van der Waals surface area contributed by atoms with E-state index in [-0.39, 0.29) is 11.3 Å². The molecule has 0 spiro atoms. The zero-order valence-electron chi connectivity index (χ0n) is 5.07. The molecule has 0 aliphatic rings. The lowest BCUT2D eigenvalue weighted by atomic mass is 10.2. The Kier molecular flexibility index (Phi) is 1.58. The van der Waals surface area contributed by atoms with Crippen LogP contribution in [0.1, 0.15) is 10.4 Å². The molecule has 10 heavy (non-hydrogen) atoms. The fraction of sp³-hybridized carbons (Fsp3) is 0. The zero-order valence-corrected chi connectivity index (χ0v) is 5.07. The maximum atomic E-state index is 10.5. The smallest absolute Gasteiger partial charge is 0.335 e. The Morgan fingerprint density at radius 3 is 2.10 bits per heavy atom. The number of carboxylic acid groups (broad SMARTS) is 1. The lowest BCUT2D eigenvalue weighted by Gasteiger charge is -1.90. The zero-order chi connectivity index (χ0) is 7.56. The molecule has 51 valence electrons. The monoisotopic (exact) mass is 137 g/mol. The van der Waals surface area contributed by atoms with Gasteiger partial charge in [0.2, 0.25) is 0 Å². The minimum absolute atomic E-state index is 0.139. The molecular weight excluding hydrogens is 132 g/mol. The van der Waals surface area contributed by atoms with Crippen molar-refractivity contribution in [1.29, 1.82) is 0 Å². The number of hydrogen-bond donors (Lipinski definition) is 1. The first-order chi connectivity index (χ1) is 4.70. The van der Waals surface area contributed by atoms with Gasteiger partial charge in [-0.15, -0.1) is 0 Å². The van der Waals surface area contributed by atoms with Crippen LogP contribution in [0.25, 0.3) is 0 Å². The molecule has 0 amide bonds. The fourth-order valence-corrected chi connectivity index (χ4v) is 0.598. The van der Waals surface area contributed by atoms with Crippen LogP contribution in [0.5, 0.6) is 5.75 Å². The predicted molar refractivity (Wildman–Crippen MR) is 33.5 cm³/mol. The highest BCUT2D eigenvalue weighted by atomic mass is 16.4. The standard InChI is InChI=1S/C7H5O3/c8-6-3-1-5(2-4-6)7(9)10/h1-4H,(H,9,10). The van der Waals surface area contributed by atoms with Crippen LogP contribution in [0.4, 0.5) is 0 Å². The normalized spacial score (nSPS) is 9.20. The third-order valence-electron chi connectivity index (χ3n) is 1.10. The van der Waals surface area contributed by atoms with E-state index in [1.54, 1.807) is 0 Å². The van der Waals surface area contributed by atoms with E-state index in [4.69, 9.17) is 5.11 Å². The highest BCUT2D eigenvalue weighted by Gasteiger charge is 2.00. The van der Waals surface area contributed by atoms with Gasteiger partial charge >= 0.3 is 5.97 Å². The minimum atomic E-state index is -1.01. The first-order valence-electron chi connectivity index (χ1n) is 2.70. The summed E-state index contributed by atoms with van der Waals surface area (Å²) in [6, 6.07) is 5.02. The molecule has 1 radical (unpaired) electrons. The van der Waals surface area contributed by atoms with Crippen LogP contribution >= 0.6 is 0 Å². The number of hydrogen-bond acceptors (Lipinski definition) is 1. The molecule has 1 rings (SSSR count). The second kappa shape index (κ2) is 2.39. The predicted octanol–water partition coefficient (Wildman–Crippen LogP) is 1.53. The van der Waals surface area contributed by atoms with Crippen LogP contribution in [0, 0.1) is 0 Å². The third kappa shape index (κ3) is 1.25. The van der Waals surface area contributed by atoms with Crippen LogP contribution in [-0.2, 0) is 5.11 Å². The molecule has 0 atom stereocenters. The van der Waals surface area contributed by atoms with Crippen LogP contribution in [0.15, 0.2) is 24.3 Å². The highest BCUT2D eigenvalue weighted by molar-refractivity contribution is 5.87. The van der Waals surface area contributed by atoms with E-state index in [2.05, 4.69) is 0 Å². The van der Waals surface area contributed by atoms with Gasteiger partial charge in [-0.05, 0) is 24.3 Å². The van der Waals surface area contributed by atoms with Gasteiger partial charge in [0.15, 0.2) is 5.75 Å².